The first-order valence-corrected chi connectivity index (χ1v) is 8.94. The van der Waals surface area contributed by atoms with Crippen LogP contribution < -0.4 is 20.1 Å². The third-order valence-electron chi connectivity index (χ3n) is 4.34. The standard InChI is InChI=1S/C19H31N3O2/c1-5-20-19(21-12-6-7-15-8-9-15)22-14(2)17-13-16(23-3)10-11-18(17)24-4/h10-11,13-15H,5-9,12H2,1-4H3,(H2,20,21,22). The molecular weight excluding hydrogens is 302 g/mol. The Kier molecular flexibility index (Phi) is 7.22. The highest BCUT2D eigenvalue weighted by molar-refractivity contribution is 5.80. The molecule has 1 unspecified atom stereocenters. The van der Waals surface area contributed by atoms with Crippen LogP contribution in [0.3, 0.4) is 0 Å². The molecule has 0 spiro atoms. The fourth-order valence-corrected chi connectivity index (χ4v) is 2.76. The fraction of sp³-hybridized carbons (Fsp3) is 0.632. The van der Waals surface area contributed by atoms with Crippen molar-refractivity contribution in [2.75, 3.05) is 27.3 Å². The van der Waals surface area contributed by atoms with Crippen molar-refractivity contribution in [2.24, 2.45) is 10.9 Å². The summed E-state index contributed by atoms with van der Waals surface area (Å²) >= 11 is 0. The van der Waals surface area contributed by atoms with E-state index in [4.69, 9.17) is 14.5 Å². The zero-order valence-electron chi connectivity index (χ0n) is 15.4. The molecule has 1 saturated carbocycles. The van der Waals surface area contributed by atoms with Gasteiger partial charge in [0.1, 0.15) is 11.5 Å². The van der Waals surface area contributed by atoms with Gasteiger partial charge in [-0.15, -0.1) is 0 Å². The summed E-state index contributed by atoms with van der Waals surface area (Å²) in [5.74, 6) is 3.49. The number of benzene rings is 1. The first-order valence-electron chi connectivity index (χ1n) is 8.94. The van der Waals surface area contributed by atoms with Crippen LogP contribution in [0.2, 0.25) is 0 Å². The highest BCUT2D eigenvalue weighted by atomic mass is 16.5. The van der Waals surface area contributed by atoms with Gasteiger partial charge in [0.15, 0.2) is 5.96 Å². The molecule has 5 nitrogen and oxygen atoms in total. The summed E-state index contributed by atoms with van der Waals surface area (Å²) in [6.45, 7) is 5.90. The van der Waals surface area contributed by atoms with E-state index >= 15 is 0 Å². The van der Waals surface area contributed by atoms with Crippen LogP contribution in [0.4, 0.5) is 0 Å². The van der Waals surface area contributed by atoms with E-state index in [1.165, 1.54) is 19.3 Å². The summed E-state index contributed by atoms with van der Waals surface area (Å²) in [5, 5.41) is 6.79. The zero-order chi connectivity index (χ0) is 17.4. The summed E-state index contributed by atoms with van der Waals surface area (Å²) in [6, 6.07) is 5.92. The Labute approximate surface area is 145 Å². The summed E-state index contributed by atoms with van der Waals surface area (Å²) in [5.41, 5.74) is 1.06. The van der Waals surface area contributed by atoms with Crippen molar-refractivity contribution in [3.8, 4) is 11.5 Å². The lowest BCUT2D eigenvalue weighted by Gasteiger charge is -2.20. The molecule has 0 bridgehead atoms. The zero-order valence-corrected chi connectivity index (χ0v) is 15.4. The van der Waals surface area contributed by atoms with Gasteiger partial charge in [0, 0.05) is 18.7 Å². The van der Waals surface area contributed by atoms with Crippen molar-refractivity contribution in [3.63, 3.8) is 0 Å². The Morgan fingerprint density at radius 2 is 2.08 bits per heavy atom. The predicted molar refractivity (Wildman–Crippen MR) is 99.0 cm³/mol. The van der Waals surface area contributed by atoms with E-state index in [-0.39, 0.29) is 6.04 Å². The van der Waals surface area contributed by atoms with Crippen LogP contribution in [0.25, 0.3) is 0 Å². The molecule has 0 aliphatic heterocycles. The van der Waals surface area contributed by atoms with E-state index in [2.05, 4.69) is 24.5 Å². The molecule has 0 heterocycles. The molecule has 0 radical (unpaired) electrons. The molecular formula is C19H31N3O2. The molecule has 0 saturated heterocycles. The summed E-state index contributed by atoms with van der Waals surface area (Å²) in [7, 11) is 3.37. The van der Waals surface area contributed by atoms with Crippen molar-refractivity contribution < 1.29 is 9.47 Å². The van der Waals surface area contributed by atoms with E-state index in [1.54, 1.807) is 14.2 Å². The van der Waals surface area contributed by atoms with Gasteiger partial charge in [0.2, 0.25) is 0 Å². The highest BCUT2D eigenvalue weighted by Crippen LogP contribution is 2.33. The number of hydrogen-bond donors (Lipinski definition) is 2. The number of methoxy groups -OCH3 is 2. The second kappa shape index (κ2) is 9.40. The molecule has 1 aromatic rings. The van der Waals surface area contributed by atoms with Gasteiger partial charge >= 0.3 is 0 Å². The Hall–Kier alpha value is -1.91. The molecule has 1 atom stereocenters. The maximum atomic E-state index is 5.48. The second-order valence-corrected chi connectivity index (χ2v) is 6.32. The van der Waals surface area contributed by atoms with Crippen LogP contribution in [0, 0.1) is 5.92 Å². The minimum absolute atomic E-state index is 0.0660. The first kappa shape index (κ1) is 18.4. The van der Waals surface area contributed by atoms with Crippen molar-refractivity contribution >= 4 is 5.96 Å². The molecule has 0 amide bonds. The topological polar surface area (TPSA) is 54.9 Å². The summed E-state index contributed by atoms with van der Waals surface area (Å²) in [4.78, 5) is 4.70. The van der Waals surface area contributed by atoms with E-state index in [0.717, 1.165) is 48.5 Å². The van der Waals surface area contributed by atoms with E-state index < -0.39 is 0 Å². The minimum atomic E-state index is 0.0660. The maximum absolute atomic E-state index is 5.48. The van der Waals surface area contributed by atoms with Crippen molar-refractivity contribution in [2.45, 2.75) is 45.6 Å². The van der Waals surface area contributed by atoms with Crippen LogP contribution in [-0.4, -0.2) is 33.3 Å². The summed E-state index contributed by atoms with van der Waals surface area (Å²) < 4.78 is 10.8. The smallest absolute Gasteiger partial charge is 0.191 e. The number of ether oxygens (including phenoxy) is 2. The predicted octanol–water partition coefficient (Wildman–Crippen LogP) is 3.51. The van der Waals surface area contributed by atoms with Gasteiger partial charge in [-0.05, 0) is 50.8 Å². The molecule has 1 aliphatic rings. The molecule has 1 aromatic carbocycles. The average Bonchev–Trinajstić information content (AvgIpc) is 3.42. The number of hydrogen-bond acceptors (Lipinski definition) is 3. The normalized spacial score (nSPS) is 15.8. The van der Waals surface area contributed by atoms with Crippen LogP contribution >= 0.6 is 0 Å². The number of aliphatic imine (C=N–C) groups is 1. The van der Waals surface area contributed by atoms with Gasteiger partial charge in [-0.2, -0.15) is 0 Å². The molecule has 1 fully saturated rings. The molecule has 5 heteroatoms. The third kappa shape index (κ3) is 5.62. The summed E-state index contributed by atoms with van der Waals surface area (Å²) in [6.07, 6.45) is 5.30. The second-order valence-electron chi connectivity index (χ2n) is 6.32. The van der Waals surface area contributed by atoms with E-state index in [0.29, 0.717) is 0 Å². The lowest BCUT2D eigenvalue weighted by atomic mass is 10.1. The minimum Gasteiger partial charge on any atom is -0.497 e. The SMILES string of the molecule is CCNC(=NCCCC1CC1)NC(C)c1cc(OC)ccc1OC. The van der Waals surface area contributed by atoms with Gasteiger partial charge in [0.05, 0.1) is 20.3 Å². The number of rotatable bonds is 9. The highest BCUT2D eigenvalue weighted by Gasteiger charge is 2.20. The Morgan fingerprint density at radius 1 is 1.29 bits per heavy atom. The largest absolute Gasteiger partial charge is 0.497 e. The third-order valence-corrected chi connectivity index (χ3v) is 4.34. The molecule has 2 N–H and O–H groups in total. The van der Waals surface area contributed by atoms with Gasteiger partial charge in [0.25, 0.3) is 0 Å². The maximum Gasteiger partial charge on any atom is 0.191 e. The Balaban J connectivity index is 1.99. The molecule has 1 aliphatic carbocycles. The number of nitrogens with one attached hydrogen (secondary N) is 2. The molecule has 24 heavy (non-hydrogen) atoms. The van der Waals surface area contributed by atoms with Crippen LogP contribution in [0.1, 0.15) is 51.1 Å². The molecule has 0 aromatic heterocycles. The van der Waals surface area contributed by atoms with Gasteiger partial charge in [-0.3, -0.25) is 4.99 Å². The first-order chi connectivity index (χ1) is 11.7. The Bertz CT molecular complexity index is 541. The molecule has 2 rings (SSSR count). The van der Waals surface area contributed by atoms with E-state index in [9.17, 15) is 0 Å². The number of guanidine groups is 1. The van der Waals surface area contributed by atoms with Crippen LogP contribution in [0.5, 0.6) is 11.5 Å². The molecule has 134 valence electrons. The van der Waals surface area contributed by atoms with Crippen molar-refractivity contribution in [1.29, 1.82) is 0 Å². The van der Waals surface area contributed by atoms with Gasteiger partial charge < -0.3 is 20.1 Å². The average molecular weight is 333 g/mol. The van der Waals surface area contributed by atoms with Crippen LogP contribution in [-0.2, 0) is 0 Å². The number of nitrogens with zero attached hydrogens (tertiary/aromatic N) is 1. The van der Waals surface area contributed by atoms with Crippen LogP contribution in [0.15, 0.2) is 23.2 Å². The monoisotopic (exact) mass is 333 g/mol. The van der Waals surface area contributed by atoms with Gasteiger partial charge in [-0.25, -0.2) is 0 Å². The van der Waals surface area contributed by atoms with Gasteiger partial charge in [-0.1, -0.05) is 12.8 Å². The van der Waals surface area contributed by atoms with Crippen molar-refractivity contribution in [1.82, 2.24) is 10.6 Å². The Morgan fingerprint density at radius 3 is 2.71 bits per heavy atom. The van der Waals surface area contributed by atoms with E-state index in [1.807, 2.05) is 18.2 Å². The lowest BCUT2D eigenvalue weighted by Crippen LogP contribution is -2.39. The lowest BCUT2D eigenvalue weighted by molar-refractivity contribution is 0.394. The fourth-order valence-electron chi connectivity index (χ4n) is 2.76. The quantitative estimate of drug-likeness (QED) is 0.412. The van der Waals surface area contributed by atoms with Crippen molar-refractivity contribution in [3.05, 3.63) is 23.8 Å².